The summed E-state index contributed by atoms with van der Waals surface area (Å²) in [5, 5.41) is 6.18. The van der Waals surface area contributed by atoms with Crippen LogP contribution < -0.4 is 16.6 Å². The summed E-state index contributed by atoms with van der Waals surface area (Å²) in [6.45, 7) is -0.726. The Morgan fingerprint density at radius 3 is 2.49 bits per heavy atom. The van der Waals surface area contributed by atoms with Gasteiger partial charge in [-0.15, -0.1) is 0 Å². The van der Waals surface area contributed by atoms with E-state index in [-0.39, 0.29) is 17.8 Å². The number of benzene rings is 2. The molecule has 0 radical (unpaired) electrons. The lowest BCUT2D eigenvalue weighted by atomic mass is 10.1. The highest BCUT2D eigenvalue weighted by atomic mass is 19.4. The number of alkyl halides is 3. The molecule has 2 aromatic heterocycles. The minimum atomic E-state index is -4.65. The van der Waals surface area contributed by atoms with Crippen molar-refractivity contribution in [1.29, 1.82) is 0 Å². The largest absolute Gasteiger partial charge is 0.467 e. The van der Waals surface area contributed by atoms with Crippen LogP contribution in [-0.4, -0.2) is 20.3 Å². The summed E-state index contributed by atoms with van der Waals surface area (Å²) in [5.74, 6) is -1.49. The van der Waals surface area contributed by atoms with Crippen LogP contribution in [0.4, 0.5) is 17.6 Å². The zero-order valence-corrected chi connectivity index (χ0v) is 17.8. The normalized spacial score (nSPS) is 11.4. The molecule has 2 heterocycles. The fourth-order valence-electron chi connectivity index (χ4n) is 3.27. The van der Waals surface area contributed by atoms with E-state index in [4.69, 9.17) is 4.42 Å². The Morgan fingerprint density at radius 1 is 1.03 bits per heavy atom. The van der Waals surface area contributed by atoms with E-state index in [9.17, 15) is 31.9 Å². The Morgan fingerprint density at radius 2 is 1.80 bits per heavy atom. The van der Waals surface area contributed by atoms with Crippen molar-refractivity contribution >= 4 is 5.91 Å². The predicted octanol–water partition coefficient (Wildman–Crippen LogP) is 3.12. The van der Waals surface area contributed by atoms with Crippen molar-refractivity contribution in [2.45, 2.75) is 19.3 Å². The smallest absolute Gasteiger partial charge is 0.416 e. The standard InChI is InChI=1S/C23H16F4N4O4/c24-17-8-1-2-9-18(17)31-22(34)30(13-14-5-3-6-15(11-14)23(25,26)27)21(33)19(29-31)20(32)28-12-16-7-4-10-35-16/h1-11H,12-13H2,(H,28,32). The van der Waals surface area contributed by atoms with Gasteiger partial charge in [-0.3, -0.25) is 14.2 Å². The van der Waals surface area contributed by atoms with Crippen molar-refractivity contribution in [3.05, 3.63) is 116 Å². The number of halogens is 4. The first kappa shape index (κ1) is 23.7. The molecule has 1 N–H and O–H groups in total. The lowest BCUT2D eigenvalue weighted by Crippen LogP contribution is -2.46. The molecule has 35 heavy (non-hydrogen) atoms. The first-order chi connectivity index (χ1) is 16.6. The monoisotopic (exact) mass is 488 g/mol. The molecule has 12 heteroatoms. The van der Waals surface area contributed by atoms with Gasteiger partial charge in [0, 0.05) is 0 Å². The molecule has 0 unspecified atom stereocenters. The molecule has 0 aliphatic rings. The maximum Gasteiger partial charge on any atom is 0.416 e. The molecular weight excluding hydrogens is 472 g/mol. The molecule has 4 aromatic rings. The van der Waals surface area contributed by atoms with Gasteiger partial charge in [-0.1, -0.05) is 24.3 Å². The molecule has 0 bridgehead atoms. The van der Waals surface area contributed by atoms with Crippen molar-refractivity contribution in [2.75, 3.05) is 0 Å². The maximum atomic E-state index is 14.4. The van der Waals surface area contributed by atoms with E-state index in [0.717, 1.165) is 24.3 Å². The van der Waals surface area contributed by atoms with Gasteiger partial charge < -0.3 is 9.73 Å². The number of para-hydroxylation sites is 1. The summed E-state index contributed by atoms with van der Waals surface area (Å²) in [6.07, 6.45) is -3.27. The summed E-state index contributed by atoms with van der Waals surface area (Å²) in [5.41, 5.74) is -4.42. The molecule has 0 saturated heterocycles. The molecule has 0 aliphatic carbocycles. The van der Waals surface area contributed by atoms with E-state index >= 15 is 0 Å². The van der Waals surface area contributed by atoms with Crippen molar-refractivity contribution in [3.8, 4) is 5.69 Å². The van der Waals surface area contributed by atoms with E-state index in [0.29, 0.717) is 15.0 Å². The SMILES string of the molecule is O=C(NCc1ccco1)c1nn(-c2ccccc2F)c(=O)n(Cc2cccc(C(F)(F)F)c2)c1=O. The number of hydrogen-bond donors (Lipinski definition) is 1. The molecule has 0 fully saturated rings. The molecule has 0 aliphatic heterocycles. The third-order valence-corrected chi connectivity index (χ3v) is 4.95. The van der Waals surface area contributed by atoms with E-state index < -0.39 is 47.0 Å². The van der Waals surface area contributed by atoms with E-state index in [2.05, 4.69) is 10.4 Å². The molecule has 0 spiro atoms. The quantitative estimate of drug-likeness (QED) is 0.421. The zero-order chi connectivity index (χ0) is 25.2. The van der Waals surface area contributed by atoms with E-state index in [1.165, 1.54) is 30.5 Å². The van der Waals surface area contributed by atoms with Crippen LogP contribution >= 0.6 is 0 Å². The van der Waals surface area contributed by atoms with Gasteiger partial charge in [-0.25, -0.2) is 9.18 Å². The second-order valence-electron chi connectivity index (χ2n) is 7.35. The number of rotatable bonds is 6. The highest BCUT2D eigenvalue weighted by molar-refractivity contribution is 5.91. The summed E-state index contributed by atoms with van der Waals surface area (Å²) in [7, 11) is 0. The summed E-state index contributed by atoms with van der Waals surface area (Å²) >= 11 is 0. The van der Waals surface area contributed by atoms with Crippen molar-refractivity contribution < 1.29 is 26.8 Å². The average molecular weight is 488 g/mol. The highest BCUT2D eigenvalue weighted by Gasteiger charge is 2.30. The lowest BCUT2D eigenvalue weighted by molar-refractivity contribution is -0.137. The number of aromatic nitrogens is 3. The Kier molecular flexibility index (Phi) is 6.36. The molecule has 0 atom stereocenters. The van der Waals surface area contributed by atoms with Gasteiger partial charge in [-0.2, -0.15) is 23.0 Å². The number of carbonyl (C=O) groups is 1. The second-order valence-corrected chi connectivity index (χ2v) is 7.35. The first-order valence-electron chi connectivity index (χ1n) is 10.1. The van der Waals surface area contributed by atoms with Crippen LogP contribution in [0.5, 0.6) is 0 Å². The third kappa shape index (κ3) is 5.05. The Bertz CT molecular complexity index is 1490. The number of hydrogen-bond acceptors (Lipinski definition) is 5. The number of amides is 1. The number of carbonyl (C=O) groups excluding carboxylic acids is 1. The summed E-state index contributed by atoms with van der Waals surface area (Å²) < 4.78 is 59.9. The van der Waals surface area contributed by atoms with Crippen molar-refractivity contribution in [3.63, 3.8) is 0 Å². The first-order valence-corrected chi connectivity index (χ1v) is 10.1. The maximum absolute atomic E-state index is 14.4. The molecule has 4 rings (SSSR count). The van der Waals surface area contributed by atoms with Crippen LogP contribution in [0.25, 0.3) is 5.69 Å². The Hall–Kier alpha value is -4.48. The van der Waals surface area contributed by atoms with Gasteiger partial charge in [0.1, 0.15) is 17.3 Å². The topological polar surface area (TPSA) is 99.1 Å². The van der Waals surface area contributed by atoms with Gasteiger partial charge in [0.15, 0.2) is 0 Å². The molecule has 8 nitrogen and oxygen atoms in total. The van der Waals surface area contributed by atoms with E-state index in [1.54, 1.807) is 12.1 Å². The fraction of sp³-hybridized carbons (Fsp3) is 0.130. The van der Waals surface area contributed by atoms with Gasteiger partial charge in [0.05, 0.1) is 24.9 Å². The molecule has 1 amide bonds. The number of nitrogens with zero attached hydrogens (tertiary/aromatic N) is 3. The lowest BCUT2D eigenvalue weighted by Gasteiger charge is -2.13. The second kappa shape index (κ2) is 9.41. The summed E-state index contributed by atoms with van der Waals surface area (Å²) in [6, 6.07) is 12.2. The molecule has 180 valence electrons. The van der Waals surface area contributed by atoms with Crippen LogP contribution in [-0.2, 0) is 19.3 Å². The Labute approximate surface area is 194 Å². The van der Waals surface area contributed by atoms with Crippen LogP contribution in [0, 0.1) is 5.82 Å². The predicted molar refractivity (Wildman–Crippen MR) is 114 cm³/mol. The van der Waals surface area contributed by atoms with Crippen LogP contribution in [0.1, 0.15) is 27.4 Å². The van der Waals surface area contributed by atoms with Gasteiger partial charge in [0.2, 0.25) is 5.69 Å². The minimum Gasteiger partial charge on any atom is -0.467 e. The number of furan rings is 1. The summed E-state index contributed by atoms with van der Waals surface area (Å²) in [4.78, 5) is 38.9. The molecule has 2 aromatic carbocycles. The molecular formula is C23H16F4N4O4. The average Bonchev–Trinajstić information content (AvgIpc) is 3.34. The van der Waals surface area contributed by atoms with Crippen molar-refractivity contribution in [2.24, 2.45) is 0 Å². The van der Waals surface area contributed by atoms with Gasteiger partial charge in [-0.05, 0) is 42.0 Å². The number of nitrogens with one attached hydrogen (secondary N) is 1. The minimum absolute atomic E-state index is 0.0350. The van der Waals surface area contributed by atoms with Gasteiger partial charge in [0.25, 0.3) is 11.5 Å². The molecule has 0 saturated carbocycles. The third-order valence-electron chi connectivity index (χ3n) is 4.95. The zero-order valence-electron chi connectivity index (χ0n) is 17.8. The van der Waals surface area contributed by atoms with E-state index in [1.807, 2.05) is 0 Å². The van der Waals surface area contributed by atoms with Crippen LogP contribution in [0.3, 0.4) is 0 Å². The highest BCUT2D eigenvalue weighted by Crippen LogP contribution is 2.29. The fourth-order valence-corrected chi connectivity index (χ4v) is 3.27. The van der Waals surface area contributed by atoms with Crippen LogP contribution in [0.15, 0.2) is 80.9 Å². The van der Waals surface area contributed by atoms with Crippen molar-refractivity contribution in [1.82, 2.24) is 19.7 Å². The van der Waals surface area contributed by atoms with Gasteiger partial charge >= 0.3 is 11.9 Å². The van der Waals surface area contributed by atoms with Crippen LogP contribution in [0.2, 0.25) is 0 Å². The Balaban J connectivity index is 1.82.